The molecule has 0 radical (unpaired) electrons. The van der Waals surface area contributed by atoms with E-state index < -0.39 is 24.2 Å². The first-order chi connectivity index (χ1) is 18.0. The van der Waals surface area contributed by atoms with Gasteiger partial charge < -0.3 is 29.9 Å². The van der Waals surface area contributed by atoms with Crippen LogP contribution in [0.4, 0.5) is 0 Å². The van der Waals surface area contributed by atoms with E-state index in [0.29, 0.717) is 55.8 Å². The topological polar surface area (TPSA) is 108 Å². The van der Waals surface area contributed by atoms with Crippen molar-refractivity contribution in [2.75, 3.05) is 32.9 Å². The average Bonchev–Trinajstić information content (AvgIpc) is 3.63. The molecule has 2 bridgehead atoms. The highest BCUT2D eigenvalue weighted by Gasteiger charge is 2.50. The molecule has 5 rings (SSSR count). The SMILES string of the molecule is CCOCCCN(C(=O)CC1CC2CCC1C2)[C@@H]1C=C(C(=O)NCCO)[C@@H]2c3ccccc3O[C@@H]2[C@H]1O. The average molecular weight is 513 g/mol. The molecule has 0 saturated heterocycles. The van der Waals surface area contributed by atoms with Crippen molar-refractivity contribution in [1.82, 2.24) is 10.2 Å². The summed E-state index contributed by atoms with van der Waals surface area (Å²) in [6.45, 7) is 3.48. The molecule has 2 fully saturated rings. The smallest absolute Gasteiger partial charge is 0.247 e. The highest BCUT2D eigenvalue weighted by atomic mass is 16.5. The summed E-state index contributed by atoms with van der Waals surface area (Å²) in [5.74, 6) is 1.71. The number of rotatable bonds is 11. The summed E-state index contributed by atoms with van der Waals surface area (Å²) in [6.07, 6.45) is 6.08. The van der Waals surface area contributed by atoms with Gasteiger partial charge in [-0.2, -0.15) is 0 Å². The number of hydrogen-bond acceptors (Lipinski definition) is 6. The van der Waals surface area contributed by atoms with Crippen LogP contribution in [0.2, 0.25) is 0 Å². The van der Waals surface area contributed by atoms with Crippen LogP contribution in [0.5, 0.6) is 5.75 Å². The maximum absolute atomic E-state index is 13.8. The van der Waals surface area contributed by atoms with Crippen LogP contribution in [-0.2, 0) is 14.3 Å². The van der Waals surface area contributed by atoms with Crippen LogP contribution in [0.25, 0.3) is 0 Å². The Bertz CT molecular complexity index is 1010. The first kappa shape index (κ1) is 26.2. The monoisotopic (exact) mass is 512 g/mol. The number of aliphatic hydroxyl groups excluding tert-OH is 2. The van der Waals surface area contributed by atoms with Gasteiger partial charge in [-0.15, -0.1) is 0 Å². The molecule has 1 aromatic carbocycles. The third-order valence-electron chi connectivity index (χ3n) is 8.77. The molecular formula is C29H40N2O6. The molecule has 0 spiro atoms. The summed E-state index contributed by atoms with van der Waals surface area (Å²) in [5.41, 5.74) is 1.33. The fraction of sp³-hybridized carbons (Fsp3) is 0.655. The lowest BCUT2D eigenvalue weighted by Crippen LogP contribution is -2.56. The standard InChI is InChI=1S/C29H40N2O6/c1-2-36-13-5-11-31(25(33)16-20-15-18-8-9-19(20)14-18)23-17-22(29(35)30-10-12-32)26-21-6-3-4-7-24(21)37-28(26)27(23)34/h3-4,6-7,17-20,23,26-28,32,34H,2,5,8-16H2,1H3,(H,30,35)/t18?,19?,20?,23-,26+,27+,28+/m1/s1. The maximum atomic E-state index is 13.8. The Labute approximate surface area is 219 Å². The zero-order valence-electron chi connectivity index (χ0n) is 21.7. The van der Waals surface area contributed by atoms with E-state index in [2.05, 4.69) is 5.32 Å². The molecule has 202 valence electrons. The number of hydrogen-bond donors (Lipinski definition) is 3. The van der Waals surface area contributed by atoms with E-state index in [0.717, 1.165) is 17.9 Å². The largest absolute Gasteiger partial charge is 0.486 e. The molecule has 8 heteroatoms. The van der Waals surface area contributed by atoms with Crippen molar-refractivity contribution in [2.24, 2.45) is 17.8 Å². The van der Waals surface area contributed by atoms with Crippen LogP contribution in [-0.4, -0.2) is 78.1 Å². The third-order valence-corrected chi connectivity index (χ3v) is 8.77. The minimum atomic E-state index is -0.983. The molecular weight excluding hydrogens is 472 g/mol. The highest BCUT2D eigenvalue weighted by Crippen LogP contribution is 2.50. The van der Waals surface area contributed by atoms with E-state index in [9.17, 15) is 19.8 Å². The lowest BCUT2D eigenvalue weighted by atomic mass is 9.77. The molecule has 3 N–H and O–H groups in total. The predicted octanol–water partition coefficient (Wildman–Crippen LogP) is 2.39. The molecule has 3 unspecified atom stereocenters. The number of carbonyl (C=O) groups is 2. The van der Waals surface area contributed by atoms with Crippen LogP contribution < -0.4 is 10.1 Å². The van der Waals surface area contributed by atoms with E-state index in [1.807, 2.05) is 31.2 Å². The van der Waals surface area contributed by atoms with Gasteiger partial charge in [-0.25, -0.2) is 0 Å². The Morgan fingerprint density at radius 3 is 2.78 bits per heavy atom. The fourth-order valence-corrected chi connectivity index (χ4v) is 7.08. The van der Waals surface area contributed by atoms with Crippen LogP contribution >= 0.6 is 0 Å². The van der Waals surface area contributed by atoms with Crippen LogP contribution in [0.1, 0.15) is 56.9 Å². The molecule has 1 aromatic rings. The molecule has 1 heterocycles. The minimum absolute atomic E-state index is 0.0263. The van der Waals surface area contributed by atoms with Gasteiger partial charge in [0, 0.05) is 43.9 Å². The van der Waals surface area contributed by atoms with Crippen LogP contribution in [0.15, 0.2) is 35.9 Å². The number of amides is 2. The van der Waals surface area contributed by atoms with E-state index in [-0.39, 0.29) is 25.0 Å². The lowest BCUT2D eigenvalue weighted by molar-refractivity contribution is -0.138. The minimum Gasteiger partial charge on any atom is -0.486 e. The van der Waals surface area contributed by atoms with E-state index in [4.69, 9.17) is 9.47 Å². The number of benzene rings is 1. The Balaban J connectivity index is 1.43. The zero-order valence-corrected chi connectivity index (χ0v) is 21.7. The van der Waals surface area contributed by atoms with Gasteiger partial charge in [-0.3, -0.25) is 9.59 Å². The summed E-state index contributed by atoms with van der Waals surface area (Å²) in [4.78, 5) is 28.8. The first-order valence-corrected chi connectivity index (χ1v) is 13.9. The number of nitrogens with zero attached hydrogens (tertiary/aromatic N) is 1. The Hall–Kier alpha value is -2.42. The van der Waals surface area contributed by atoms with E-state index in [1.54, 1.807) is 11.0 Å². The van der Waals surface area contributed by atoms with Crippen LogP contribution in [0, 0.1) is 17.8 Å². The molecule has 4 aliphatic rings. The number of carbonyl (C=O) groups excluding carboxylic acids is 2. The summed E-state index contributed by atoms with van der Waals surface area (Å²) in [5, 5.41) is 23.6. The van der Waals surface area contributed by atoms with Gasteiger partial charge in [0.2, 0.25) is 11.8 Å². The lowest BCUT2D eigenvalue weighted by Gasteiger charge is -2.41. The molecule has 7 atom stereocenters. The van der Waals surface area contributed by atoms with Crippen molar-refractivity contribution in [3.8, 4) is 5.75 Å². The Morgan fingerprint density at radius 2 is 2.05 bits per heavy atom. The van der Waals surface area contributed by atoms with Gasteiger partial charge >= 0.3 is 0 Å². The maximum Gasteiger partial charge on any atom is 0.247 e. The molecule has 8 nitrogen and oxygen atoms in total. The van der Waals surface area contributed by atoms with Gasteiger partial charge in [0.05, 0.1) is 18.6 Å². The van der Waals surface area contributed by atoms with Crippen molar-refractivity contribution in [2.45, 2.75) is 69.6 Å². The fourth-order valence-electron chi connectivity index (χ4n) is 7.08. The number of fused-ring (bicyclic) bond motifs is 5. The third kappa shape index (κ3) is 5.29. The van der Waals surface area contributed by atoms with Gasteiger partial charge in [0.1, 0.15) is 18.0 Å². The van der Waals surface area contributed by atoms with E-state index in [1.165, 1.54) is 19.3 Å². The van der Waals surface area contributed by atoms with Gasteiger partial charge in [0.25, 0.3) is 0 Å². The Morgan fingerprint density at radius 1 is 1.22 bits per heavy atom. The second-order valence-electron chi connectivity index (χ2n) is 11.0. The molecule has 3 aliphatic carbocycles. The van der Waals surface area contributed by atoms with E-state index >= 15 is 0 Å². The van der Waals surface area contributed by atoms with Crippen molar-refractivity contribution in [1.29, 1.82) is 0 Å². The van der Waals surface area contributed by atoms with Crippen molar-refractivity contribution in [3.05, 3.63) is 41.5 Å². The van der Waals surface area contributed by atoms with Gasteiger partial charge in [-0.05, 0) is 62.5 Å². The quantitative estimate of drug-likeness (QED) is 0.393. The predicted molar refractivity (Wildman–Crippen MR) is 138 cm³/mol. The summed E-state index contributed by atoms with van der Waals surface area (Å²) in [7, 11) is 0. The Kier molecular flexibility index (Phi) is 8.17. The molecule has 37 heavy (non-hydrogen) atoms. The molecule has 1 aliphatic heterocycles. The molecule has 0 aromatic heterocycles. The summed E-state index contributed by atoms with van der Waals surface area (Å²) < 4.78 is 11.7. The highest BCUT2D eigenvalue weighted by molar-refractivity contribution is 5.96. The molecule has 2 amide bonds. The number of aliphatic hydroxyl groups is 2. The normalized spacial score (nSPS) is 31.3. The van der Waals surface area contributed by atoms with Crippen LogP contribution in [0.3, 0.4) is 0 Å². The number of nitrogens with one attached hydrogen (secondary N) is 1. The van der Waals surface area contributed by atoms with Crippen molar-refractivity contribution >= 4 is 11.8 Å². The molecule has 2 saturated carbocycles. The first-order valence-electron chi connectivity index (χ1n) is 13.9. The second kappa shape index (κ2) is 11.5. The van der Waals surface area contributed by atoms with Crippen molar-refractivity contribution in [3.63, 3.8) is 0 Å². The second-order valence-corrected chi connectivity index (χ2v) is 11.0. The number of ether oxygens (including phenoxy) is 2. The summed E-state index contributed by atoms with van der Waals surface area (Å²) >= 11 is 0. The van der Waals surface area contributed by atoms with Crippen molar-refractivity contribution < 1.29 is 29.3 Å². The summed E-state index contributed by atoms with van der Waals surface area (Å²) in [6, 6.07) is 6.84. The zero-order chi connectivity index (χ0) is 25.9. The van der Waals surface area contributed by atoms with Gasteiger partial charge in [0.15, 0.2) is 0 Å². The van der Waals surface area contributed by atoms with Gasteiger partial charge in [-0.1, -0.05) is 24.6 Å². The number of para-hydroxylation sites is 1.